The van der Waals surface area contributed by atoms with Crippen molar-refractivity contribution >= 4 is 18.0 Å². The topological polar surface area (TPSA) is 179 Å². The lowest BCUT2D eigenvalue weighted by atomic mass is 9.87. The van der Waals surface area contributed by atoms with Crippen LogP contribution in [0.15, 0.2) is 12.7 Å². The Bertz CT molecular complexity index is 1110. The summed E-state index contributed by atoms with van der Waals surface area (Å²) < 4.78 is 53.0. The van der Waals surface area contributed by atoms with E-state index in [-0.39, 0.29) is 6.42 Å². The largest absolute Gasteiger partial charge is 0.481 e. The van der Waals surface area contributed by atoms with Gasteiger partial charge in [-0.15, -0.1) is 6.58 Å². The fourth-order valence-corrected chi connectivity index (χ4v) is 6.34. The van der Waals surface area contributed by atoms with Crippen LogP contribution in [0, 0.1) is 5.92 Å². The summed E-state index contributed by atoms with van der Waals surface area (Å²) in [6, 6.07) is -2.12. The standard InChI is InChI=1S/C30H48N2O13/c1-11-12-14(24(35)31-15(13-16(33)34)18-20(37-9)22-25(39-18)43-29(5,6)41-22)17(32-27(36)45-28(2,3)4)19-21(38-10)23-26(40-19)44-30(7,8)42-23/h11,14-15,17-23,25-26H,1,12-13H2,2-10H3,(H,31,35)(H,32,36)(H,33,34)/t14-,15-,17-,18+,19+,20-,21-,22+,23+,25+,26+/m0/s1. The van der Waals surface area contributed by atoms with Crippen LogP contribution in [0.3, 0.4) is 0 Å². The molecule has 15 heteroatoms. The molecule has 0 radical (unpaired) electrons. The van der Waals surface area contributed by atoms with Gasteiger partial charge < -0.3 is 58.4 Å². The monoisotopic (exact) mass is 644 g/mol. The average Bonchev–Trinajstić information content (AvgIpc) is 3.57. The average molecular weight is 645 g/mol. The number of carboxylic acids is 1. The van der Waals surface area contributed by atoms with E-state index in [0.29, 0.717) is 0 Å². The number of methoxy groups -OCH3 is 2. The molecule has 0 unspecified atom stereocenters. The van der Waals surface area contributed by atoms with Crippen LogP contribution in [0.1, 0.15) is 61.3 Å². The first-order chi connectivity index (χ1) is 20.9. The molecule has 4 aliphatic rings. The predicted octanol–water partition coefficient (Wildman–Crippen LogP) is 1.81. The number of nitrogens with one attached hydrogen (secondary N) is 2. The van der Waals surface area contributed by atoms with Crippen molar-refractivity contribution in [3.05, 3.63) is 12.7 Å². The molecule has 4 saturated heterocycles. The summed E-state index contributed by atoms with van der Waals surface area (Å²) in [5.74, 6) is -4.68. The summed E-state index contributed by atoms with van der Waals surface area (Å²) in [7, 11) is 2.92. The van der Waals surface area contributed by atoms with Crippen LogP contribution in [0.4, 0.5) is 4.79 Å². The Kier molecular flexibility index (Phi) is 10.6. The first-order valence-electron chi connectivity index (χ1n) is 15.1. The van der Waals surface area contributed by atoms with Crippen molar-refractivity contribution < 1.29 is 62.1 Å². The number of ether oxygens (including phenoxy) is 9. The molecule has 2 amide bonds. The quantitative estimate of drug-likeness (QED) is 0.262. The fraction of sp³-hybridized carbons (Fsp3) is 0.833. The molecule has 0 aliphatic carbocycles. The smallest absolute Gasteiger partial charge is 0.407 e. The molecular weight excluding hydrogens is 596 g/mol. The van der Waals surface area contributed by atoms with Crippen molar-refractivity contribution in [2.75, 3.05) is 14.2 Å². The Morgan fingerprint density at radius 2 is 1.40 bits per heavy atom. The molecule has 0 saturated carbocycles. The van der Waals surface area contributed by atoms with E-state index in [9.17, 15) is 19.5 Å². The van der Waals surface area contributed by atoms with Gasteiger partial charge in [-0.05, 0) is 54.9 Å². The second kappa shape index (κ2) is 13.4. The first kappa shape index (κ1) is 35.5. The van der Waals surface area contributed by atoms with Crippen molar-refractivity contribution in [3.63, 3.8) is 0 Å². The van der Waals surface area contributed by atoms with Crippen molar-refractivity contribution in [1.82, 2.24) is 10.6 Å². The van der Waals surface area contributed by atoms with Crippen molar-refractivity contribution in [2.24, 2.45) is 5.92 Å². The van der Waals surface area contributed by atoms with Crippen molar-refractivity contribution in [1.29, 1.82) is 0 Å². The zero-order valence-electron chi connectivity index (χ0n) is 27.4. The zero-order valence-corrected chi connectivity index (χ0v) is 27.4. The summed E-state index contributed by atoms with van der Waals surface area (Å²) in [5.41, 5.74) is -0.840. The highest BCUT2D eigenvalue weighted by Crippen LogP contribution is 2.42. The lowest BCUT2D eigenvalue weighted by Gasteiger charge is -2.36. The number of alkyl carbamates (subject to hydrolysis) is 1. The van der Waals surface area contributed by atoms with Gasteiger partial charge in [0.2, 0.25) is 5.91 Å². The lowest BCUT2D eigenvalue weighted by molar-refractivity contribution is -0.221. The molecule has 4 heterocycles. The van der Waals surface area contributed by atoms with E-state index in [1.165, 1.54) is 20.3 Å². The molecule has 0 aromatic carbocycles. The van der Waals surface area contributed by atoms with Gasteiger partial charge in [-0.1, -0.05) is 6.08 Å². The minimum Gasteiger partial charge on any atom is -0.481 e. The Morgan fingerprint density at radius 3 is 1.87 bits per heavy atom. The summed E-state index contributed by atoms with van der Waals surface area (Å²) in [4.78, 5) is 39.3. The normalized spacial score (nSPS) is 35.1. The van der Waals surface area contributed by atoms with Gasteiger partial charge in [-0.2, -0.15) is 0 Å². The molecule has 11 atom stereocenters. The third-order valence-electron chi connectivity index (χ3n) is 7.95. The van der Waals surface area contributed by atoms with Gasteiger partial charge in [0.05, 0.1) is 24.4 Å². The molecule has 4 aliphatic heterocycles. The highest BCUT2D eigenvalue weighted by Gasteiger charge is 2.60. The maximum atomic E-state index is 14.2. The van der Waals surface area contributed by atoms with E-state index < -0.39 is 109 Å². The SMILES string of the molecule is C=CC[C@H](C(=O)N[C@@H](CC(=O)O)[C@H]1O[C@@H]2OC(C)(C)O[C@@H]2[C@H]1OC)[C@H](NC(=O)OC(C)(C)C)[C@H]1O[C@@H]2OC(C)(C)O[C@@H]2[C@H]1OC. The highest BCUT2D eigenvalue weighted by molar-refractivity contribution is 5.82. The summed E-state index contributed by atoms with van der Waals surface area (Å²) in [6.07, 6.45) is -6.02. The summed E-state index contributed by atoms with van der Waals surface area (Å²) in [5, 5.41) is 15.4. The minimum absolute atomic E-state index is 0.0653. The molecule has 15 nitrogen and oxygen atoms in total. The van der Waals surface area contributed by atoms with Gasteiger partial charge in [0, 0.05) is 14.2 Å². The van der Waals surface area contributed by atoms with Crippen LogP contribution < -0.4 is 10.6 Å². The van der Waals surface area contributed by atoms with Gasteiger partial charge >= 0.3 is 12.1 Å². The number of aliphatic carboxylic acids is 1. The number of amides is 2. The molecule has 0 spiro atoms. The number of hydrogen-bond acceptors (Lipinski definition) is 12. The molecule has 4 fully saturated rings. The molecule has 45 heavy (non-hydrogen) atoms. The van der Waals surface area contributed by atoms with Crippen LogP contribution in [0.25, 0.3) is 0 Å². The zero-order chi connectivity index (χ0) is 33.5. The maximum Gasteiger partial charge on any atom is 0.407 e. The van der Waals surface area contributed by atoms with Crippen molar-refractivity contribution in [2.45, 2.75) is 140 Å². The van der Waals surface area contributed by atoms with E-state index in [1.807, 2.05) is 0 Å². The van der Waals surface area contributed by atoms with E-state index in [1.54, 1.807) is 48.5 Å². The van der Waals surface area contributed by atoms with Crippen LogP contribution in [-0.4, -0.2) is 116 Å². The van der Waals surface area contributed by atoms with Gasteiger partial charge in [-0.3, -0.25) is 9.59 Å². The number of carbonyl (C=O) groups is 3. The number of hydrogen-bond donors (Lipinski definition) is 3. The molecule has 0 aromatic rings. The number of carboxylic acid groups (broad SMARTS) is 1. The highest BCUT2D eigenvalue weighted by atomic mass is 16.9. The summed E-state index contributed by atoms with van der Waals surface area (Å²) >= 11 is 0. The molecule has 4 rings (SSSR count). The number of carbonyl (C=O) groups excluding carboxylic acids is 2. The van der Waals surface area contributed by atoms with Gasteiger partial charge in [0.25, 0.3) is 0 Å². The third-order valence-corrected chi connectivity index (χ3v) is 7.95. The second-order valence-corrected chi connectivity index (χ2v) is 13.6. The van der Waals surface area contributed by atoms with Crippen LogP contribution in [-0.2, 0) is 52.2 Å². The van der Waals surface area contributed by atoms with Crippen LogP contribution >= 0.6 is 0 Å². The fourth-order valence-electron chi connectivity index (χ4n) is 6.34. The van der Waals surface area contributed by atoms with Crippen LogP contribution in [0.2, 0.25) is 0 Å². The Labute approximate surface area is 263 Å². The molecule has 0 bridgehead atoms. The Balaban J connectivity index is 1.62. The first-order valence-corrected chi connectivity index (χ1v) is 15.1. The predicted molar refractivity (Wildman–Crippen MR) is 155 cm³/mol. The van der Waals surface area contributed by atoms with Crippen LogP contribution in [0.5, 0.6) is 0 Å². The number of allylic oxidation sites excluding steroid dienone is 1. The van der Waals surface area contributed by atoms with E-state index >= 15 is 0 Å². The Hall–Kier alpha value is -2.37. The Morgan fingerprint density at radius 1 is 0.889 bits per heavy atom. The number of fused-ring (bicyclic) bond motifs is 2. The molecule has 3 N–H and O–H groups in total. The molecule has 0 aromatic heterocycles. The number of rotatable bonds is 12. The van der Waals surface area contributed by atoms with E-state index in [4.69, 9.17) is 42.6 Å². The lowest BCUT2D eigenvalue weighted by Crippen LogP contribution is -2.59. The van der Waals surface area contributed by atoms with Gasteiger partial charge in [0.15, 0.2) is 24.2 Å². The maximum absolute atomic E-state index is 14.2. The third kappa shape index (κ3) is 8.14. The summed E-state index contributed by atoms with van der Waals surface area (Å²) in [6.45, 7) is 15.9. The van der Waals surface area contributed by atoms with Crippen molar-refractivity contribution in [3.8, 4) is 0 Å². The van der Waals surface area contributed by atoms with E-state index in [2.05, 4.69) is 17.2 Å². The molecular formula is C30H48N2O13. The van der Waals surface area contributed by atoms with Gasteiger partial charge in [-0.25, -0.2) is 4.79 Å². The molecule has 256 valence electrons. The second-order valence-electron chi connectivity index (χ2n) is 13.6. The van der Waals surface area contributed by atoms with E-state index in [0.717, 1.165) is 0 Å². The minimum atomic E-state index is -1.18. The van der Waals surface area contributed by atoms with Gasteiger partial charge in [0.1, 0.15) is 42.2 Å².